The largest absolute Gasteiger partial charge is 0.484 e. The standard InChI is InChI=1S/C31H23F3N4O3/c1-20-7-2-4-11-26(20)36-28(39)19-41-24-15-13-21(14-16-24)18-35-38-29(22-8-6-9-23(17-22)31(32,33)34)37-27-12-5-3-10-25(27)30(38)40/h2-18H,19H2,1H3,(H,36,39). The van der Waals surface area contributed by atoms with Gasteiger partial charge in [0.1, 0.15) is 5.75 Å². The highest BCUT2D eigenvalue weighted by Gasteiger charge is 2.31. The highest BCUT2D eigenvalue weighted by Crippen LogP contribution is 2.32. The normalized spacial score (nSPS) is 11.6. The van der Waals surface area contributed by atoms with Crippen LogP contribution < -0.4 is 15.6 Å². The Morgan fingerprint density at radius 1 is 0.976 bits per heavy atom. The molecule has 1 amide bonds. The van der Waals surface area contributed by atoms with E-state index in [1.54, 1.807) is 54.6 Å². The fraction of sp³-hybridized carbons (Fsp3) is 0.0968. The molecular weight excluding hydrogens is 533 g/mol. The van der Waals surface area contributed by atoms with E-state index >= 15 is 0 Å². The van der Waals surface area contributed by atoms with Crippen LogP contribution in [0.4, 0.5) is 18.9 Å². The lowest BCUT2D eigenvalue weighted by molar-refractivity contribution is -0.137. The Kier molecular flexibility index (Phi) is 7.64. The summed E-state index contributed by atoms with van der Waals surface area (Å²) in [4.78, 5) is 30.0. The predicted octanol–water partition coefficient (Wildman–Crippen LogP) is 6.29. The summed E-state index contributed by atoms with van der Waals surface area (Å²) in [6, 6.07) is 25.1. The maximum Gasteiger partial charge on any atom is 0.416 e. The van der Waals surface area contributed by atoms with Crippen LogP contribution in [0.2, 0.25) is 0 Å². The second-order valence-electron chi connectivity index (χ2n) is 9.11. The van der Waals surface area contributed by atoms with E-state index in [1.165, 1.54) is 18.3 Å². The number of carbonyl (C=O) groups is 1. The summed E-state index contributed by atoms with van der Waals surface area (Å²) in [5, 5.41) is 7.35. The number of nitrogens with zero attached hydrogens (tertiary/aromatic N) is 3. The topological polar surface area (TPSA) is 85.6 Å². The molecule has 0 aliphatic heterocycles. The molecule has 0 aliphatic carbocycles. The molecule has 206 valence electrons. The first-order chi connectivity index (χ1) is 19.7. The minimum absolute atomic E-state index is 0.0318. The average Bonchev–Trinajstić information content (AvgIpc) is 2.97. The maximum absolute atomic E-state index is 13.4. The van der Waals surface area contributed by atoms with E-state index in [4.69, 9.17) is 4.74 Å². The molecule has 0 aliphatic rings. The van der Waals surface area contributed by atoms with Crippen LogP contribution in [-0.2, 0) is 11.0 Å². The average molecular weight is 557 g/mol. The Morgan fingerprint density at radius 3 is 2.46 bits per heavy atom. The SMILES string of the molecule is Cc1ccccc1NC(=O)COc1ccc(C=Nn2c(-c3cccc(C(F)(F)F)c3)nc3ccccc3c2=O)cc1. The van der Waals surface area contributed by atoms with Crippen molar-refractivity contribution in [1.29, 1.82) is 0 Å². The Labute approximate surface area is 232 Å². The van der Waals surface area contributed by atoms with Crippen molar-refractivity contribution in [1.82, 2.24) is 9.66 Å². The Morgan fingerprint density at radius 2 is 1.71 bits per heavy atom. The molecule has 0 spiro atoms. The van der Waals surface area contributed by atoms with Crippen molar-refractivity contribution >= 4 is 28.7 Å². The number of alkyl halides is 3. The summed E-state index contributed by atoms with van der Waals surface area (Å²) >= 11 is 0. The summed E-state index contributed by atoms with van der Waals surface area (Å²) in [5.41, 5.74) is 1.25. The number of aromatic nitrogens is 2. The van der Waals surface area contributed by atoms with E-state index in [0.29, 0.717) is 22.5 Å². The summed E-state index contributed by atoms with van der Waals surface area (Å²) in [5.74, 6) is 0.0992. The monoisotopic (exact) mass is 556 g/mol. The third kappa shape index (κ3) is 6.33. The molecule has 1 N–H and O–H groups in total. The van der Waals surface area contributed by atoms with Crippen LogP contribution in [0.3, 0.4) is 0 Å². The van der Waals surface area contributed by atoms with Gasteiger partial charge in [0.15, 0.2) is 12.4 Å². The number of amides is 1. The molecule has 7 nitrogen and oxygen atoms in total. The molecule has 10 heteroatoms. The van der Waals surface area contributed by atoms with Crippen LogP contribution in [0.1, 0.15) is 16.7 Å². The number of rotatable bonds is 7. The van der Waals surface area contributed by atoms with Gasteiger partial charge in [-0.15, -0.1) is 0 Å². The van der Waals surface area contributed by atoms with E-state index in [9.17, 15) is 22.8 Å². The number of benzene rings is 4. The van der Waals surface area contributed by atoms with E-state index in [0.717, 1.165) is 22.4 Å². The van der Waals surface area contributed by atoms with Crippen molar-refractivity contribution in [3.63, 3.8) is 0 Å². The Balaban J connectivity index is 1.38. The lowest BCUT2D eigenvalue weighted by atomic mass is 10.1. The summed E-state index contributed by atoms with van der Waals surface area (Å²) < 4.78 is 46.7. The second-order valence-corrected chi connectivity index (χ2v) is 9.11. The molecule has 0 radical (unpaired) electrons. The zero-order chi connectivity index (χ0) is 29.0. The molecule has 0 atom stereocenters. The molecule has 0 fully saturated rings. The molecule has 4 aromatic carbocycles. The van der Waals surface area contributed by atoms with Gasteiger partial charge < -0.3 is 10.1 Å². The smallest absolute Gasteiger partial charge is 0.416 e. The Hall–Kier alpha value is -5.25. The minimum Gasteiger partial charge on any atom is -0.484 e. The fourth-order valence-corrected chi connectivity index (χ4v) is 4.08. The van der Waals surface area contributed by atoms with Crippen LogP contribution in [0.15, 0.2) is 107 Å². The van der Waals surface area contributed by atoms with Crippen LogP contribution in [0, 0.1) is 6.92 Å². The van der Waals surface area contributed by atoms with Crippen molar-refractivity contribution in [2.45, 2.75) is 13.1 Å². The van der Waals surface area contributed by atoms with Crippen LogP contribution in [-0.4, -0.2) is 28.4 Å². The number of anilines is 1. The minimum atomic E-state index is -4.56. The van der Waals surface area contributed by atoms with Gasteiger partial charge in [-0.25, -0.2) is 4.98 Å². The van der Waals surface area contributed by atoms with Crippen LogP contribution in [0.25, 0.3) is 22.3 Å². The molecule has 5 rings (SSSR count). The van der Waals surface area contributed by atoms with E-state index < -0.39 is 17.3 Å². The third-order valence-corrected chi connectivity index (χ3v) is 6.19. The van der Waals surface area contributed by atoms with Crippen LogP contribution >= 0.6 is 0 Å². The van der Waals surface area contributed by atoms with Gasteiger partial charge in [-0.2, -0.15) is 22.9 Å². The van der Waals surface area contributed by atoms with Gasteiger partial charge in [-0.1, -0.05) is 42.5 Å². The predicted molar refractivity (Wildman–Crippen MR) is 151 cm³/mol. The Bertz CT molecular complexity index is 1810. The molecule has 0 saturated carbocycles. The molecule has 1 heterocycles. The quantitative estimate of drug-likeness (QED) is 0.239. The second kappa shape index (κ2) is 11.5. The van der Waals surface area contributed by atoms with Gasteiger partial charge in [-0.05, 0) is 72.6 Å². The van der Waals surface area contributed by atoms with Crippen molar-refractivity contribution in [3.05, 3.63) is 124 Å². The zero-order valence-electron chi connectivity index (χ0n) is 21.7. The third-order valence-electron chi connectivity index (χ3n) is 6.19. The number of carbonyl (C=O) groups excluding carboxylic acids is 1. The fourth-order valence-electron chi connectivity index (χ4n) is 4.08. The summed E-state index contributed by atoms with van der Waals surface area (Å²) in [7, 11) is 0. The highest BCUT2D eigenvalue weighted by molar-refractivity contribution is 5.92. The van der Waals surface area contributed by atoms with Gasteiger partial charge >= 0.3 is 6.18 Å². The van der Waals surface area contributed by atoms with E-state index in [1.807, 2.05) is 25.1 Å². The van der Waals surface area contributed by atoms with E-state index in [-0.39, 0.29) is 29.3 Å². The van der Waals surface area contributed by atoms with Gasteiger partial charge in [0.25, 0.3) is 11.5 Å². The van der Waals surface area contributed by atoms with Gasteiger partial charge in [0.2, 0.25) is 0 Å². The number of ether oxygens (including phenoxy) is 1. The molecule has 0 bridgehead atoms. The first-order valence-electron chi connectivity index (χ1n) is 12.5. The van der Waals surface area contributed by atoms with Gasteiger partial charge in [0.05, 0.1) is 22.7 Å². The van der Waals surface area contributed by atoms with Gasteiger partial charge in [0, 0.05) is 11.3 Å². The van der Waals surface area contributed by atoms with E-state index in [2.05, 4.69) is 15.4 Å². The molecule has 1 aromatic heterocycles. The van der Waals surface area contributed by atoms with Crippen molar-refractivity contribution < 1.29 is 22.7 Å². The lowest BCUT2D eigenvalue weighted by Gasteiger charge is -2.12. The van der Waals surface area contributed by atoms with Crippen LogP contribution in [0.5, 0.6) is 5.75 Å². The molecule has 0 unspecified atom stereocenters. The van der Waals surface area contributed by atoms with Crippen molar-refractivity contribution in [3.8, 4) is 17.1 Å². The number of halogens is 3. The van der Waals surface area contributed by atoms with Crippen molar-refractivity contribution in [2.24, 2.45) is 5.10 Å². The number of para-hydroxylation sites is 2. The highest BCUT2D eigenvalue weighted by atomic mass is 19.4. The number of hydrogen-bond donors (Lipinski definition) is 1. The number of aryl methyl sites for hydroxylation is 1. The summed E-state index contributed by atoms with van der Waals surface area (Å²) in [6.07, 6.45) is -3.17. The lowest BCUT2D eigenvalue weighted by Crippen LogP contribution is -2.20. The number of nitrogens with one attached hydrogen (secondary N) is 1. The number of hydrogen-bond acceptors (Lipinski definition) is 5. The van der Waals surface area contributed by atoms with Gasteiger partial charge in [-0.3, -0.25) is 9.59 Å². The zero-order valence-corrected chi connectivity index (χ0v) is 21.7. The maximum atomic E-state index is 13.4. The first-order valence-corrected chi connectivity index (χ1v) is 12.5. The molecule has 5 aromatic rings. The first kappa shape index (κ1) is 27.3. The molecule has 41 heavy (non-hydrogen) atoms. The molecular formula is C31H23F3N4O3. The summed E-state index contributed by atoms with van der Waals surface area (Å²) in [6.45, 7) is 1.70. The van der Waals surface area contributed by atoms with Crippen molar-refractivity contribution in [2.75, 3.05) is 11.9 Å². The molecule has 0 saturated heterocycles. The number of fused-ring (bicyclic) bond motifs is 1.